The molecule has 2 rings (SSSR count). The van der Waals surface area contributed by atoms with E-state index in [9.17, 15) is 9.59 Å². The lowest BCUT2D eigenvalue weighted by Crippen LogP contribution is -2.20. The zero-order chi connectivity index (χ0) is 20.5. The third kappa shape index (κ3) is 6.44. The van der Waals surface area contributed by atoms with Gasteiger partial charge in [0.15, 0.2) is 18.1 Å². The molecular formula is C19H18Cl2N2O5. The Morgan fingerprint density at radius 3 is 2.68 bits per heavy atom. The number of methoxy groups -OCH3 is 1. The second-order valence-corrected chi connectivity index (χ2v) is 6.16. The van der Waals surface area contributed by atoms with Crippen LogP contribution in [-0.4, -0.2) is 37.2 Å². The van der Waals surface area contributed by atoms with E-state index in [1.54, 1.807) is 18.2 Å². The van der Waals surface area contributed by atoms with Crippen molar-refractivity contribution in [2.24, 2.45) is 0 Å². The average molecular weight is 425 g/mol. The summed E-state index contributed by atoms with van der Waals surface area (Å²) in [5.41, 5.74) is 0.612. The van der Waals surface area contributed by atoms with Gasteiger partial charge in [-0.05, 0) is 42.8 Å². The van der Waals surface area contributed by atoms with E-state index < -0.39 is 18.5 Å². The molecule has 1 N–H and O–H groups in total. The second-order valence-electron chi connectivity index (χ2n) is 5.32. The molecule has 7 nitrogen and oxygen atoms in total. The quantitative estimate of drug-likeness (QED) is 0.509. The van der Waals surface area contributed by atoms with Gasteiger partial charge < -0.3 is 19.5 Å². The van der Waals surface area contributed by atoms with Crippen LogP contribution in [0.2, 0.25) is 10.0 Å². The zero-order valence-electron chi connectivity index (χ0n) is 15.2. The number of nitrogens with one attached hydrogen (secondary N) is 1. The van der Waals surface area contributed by atoms with Crippen LogP contribution in [0.3, 0.4) is 0 Å². The van der Waals surface area contributed by atoms with Crippen LogP contribution >= 0.6 is 23.2 Å². The fraction of sp³-hybridized carbons (Fsp3) is 0.211. The van der Waals surface area contributed by atoms with Gasteiger partial charge in [-0.1, -0.05) is 23.2 Å². The first-order valence-electron chi connectivity index (χ1n) is 8.19. The van der Waals surface area contributed by atoms with Crippen molar-refractivity contribution in [1.82, 2.24) is 4.98 Å². The van der Waals surface area contributed by atoms with E-state index in [0.29, 0.717) is 39.5 Å². The lowest BCUT2D eigenvalue weighted by atomic mass is 10.2. The van der Waals surface area contributed by atoms with Crippen LogP contribution in [0.5, 0.6) is 11.5 Å². The van der Waals surface area contributed by atoms with Crippen LogP contribution in [0, 0.1) is 0 Å². The number of hydrogen-bond acceptors (Lipinski definition) is 6. The fourth-order valence-corrected chi connectivity index (χ4v) is 2.53. The van der Waals surface area contributed by atoms with E-state index >= 15 is 0 Å². The van der Waals surface area contributed by atoms with Crippen molar-refractivity contribution in [3.05, 3.63) is 52.1 Å². The maximum Gasteiger partial charge on any atom is 0.331 e. The van der Waals surface area contributed by atoms with E-state index in [2.05, 4.69) is 10.3 Å². The molecule has 0 unspecified atom stereocenters. The molecule has 0 spiro atoms. The molecule has 0 aliphatic rings. The minimum Gasteiger partial charge on any atom is -0.491 e. The fourth-order valence-electron chi connectivity index (χ4n) is 2.12. The van der Waals surface area contributed by atoms with Crippen LogP contribution in [0.4, 0.5) is 5.82 Å². The van der Waals surface area contributed by atoms with Crippen molar-refractivity contribution in [1.29, 1.82) is 0 Å². The van der Waals surface area contributed by atoms with Crippen molar-refractivity contribution in [3.63, 3.8) is 0 Å². The van der Waals surface area contributed by atoms with Gasteiger partial charge in [0.2, 0.25) is 0 Å². The van der Waals surface area contributed by atoms with Gasteiger partial charge in [-0.15, -0.1) is 0 Å². The number of pyridine rings is 1. The van der Waals surface area contributed by atoms with Gasteiger partial charge in [0.1, 0.15) is 5.82 Å². The molecule has 1 amide bonds. The molecule has 28 heavy (non-hydrogen) atoms. The maximum absolute atomic E-state index is 11.8. The molecule has 2 aromatic rings. The van der Waals surface area contributed by atoms with Crippen molar-refractivity contribution in [2.75, 3.05) is 25.6 Å². The summed E-state index contributed by atoms with van der Waals surface area (Å²) in [5, 5.41) is 3.27. The van der Waals surface area contributed by atoms with E-state index in [1.807, 2.05) is 6.92 Å². The molecule has 0 saturated carbocycles. The van der Waals surface area contributed by atoms with Gasteiger partial charge in [0.05, 0.1) is 23.8 Å². The third-order valence-corrected chi connectivity index (χ3v) is 3.79. The topological polar surface area (TPSA) is 86.8 Å². The number of halogens is 2. The van der Waals surface area contributed by atoms with Gasteiger partial charge in [0, 0.05) is 12.3 Å². The molecule has 0 radical (unpaired) electrons. The smallest absolute Gasteiger partial charge is 0.331 e. The van der Waals surface area contributed by atoms with Gasteiger partial charge in [0.25, 0.3) is 5.91 Å². The van der Waals surface area contributed by atoms with E-state index in [-0.39, 0.29) is 0 Å². The van der Waals surface area contributed by atoms with Gasteiger partial charge in [-0.2, -0.15) is 0 Å². The molecule has 9 heteroatoms. The lowest BCUT2D eigenvalue weighted by Gasteiger charge is -2.11. The number of amides is 1. The van der Waals surface area contributed by atoms with Gasteiger partial charge >= 0.3 is 5.97 Å². The van der Waals surface area contributed by atoms with Crippen LogP contribution in [-0.2, 0) is 14.3 Å². The van der Waals surface area contributed by atoms with Crippen molar-refractivity contribution in [2.45, 2.75) is 6.92 Å². The first kappa shape index (κ1) is 21.5. The molecule has 0 aliphatic heterocycles. The molecule has 0 saturated heterocycles. The second kappa shape index (κ2) is 10.5. The van der Waals surface area contributed by atoms with E-state index in [0.717, 1.165) is 0 Å². The standard InChI is InChI=1S/C19H18Cl2N2O5/c1-3-27-15-9-12(8-14(21)19(15)26-2)4-7-18(25)28-11-17(24)23-16-6-5-13(20)10-22-16/h4-10H,3,11H2,1-2H3,(H,22,23,24)/b7-4+. The summed E-state index contributed by atoms with van der Waals surface area (Å²) in [4.78, 5) is 27.5. The van der Waals surface area contributed by atoms with E-state index in [1.165, 1.54) is 31.5 Å². The Morgan fingerprint density at radius 2 is 2.04 bits per heavy atom. The Morgan fingerprint density at radius 1 is 1.25 bits per heavy atom. The molecule has 0 atom stereocenters. The number of esters is 1. The predicted molar refractivity (Wildman–Crippen MR) is 107 cm³/mol. The first-order valence-corrected chi connectivity index (χ1v) is 8.95. The molecule has 1 aromatic heterocycles. The Bertz CT molecular complexity index is 869. The van der Waals surface area contributed by atoms with Crippen molar-refractivity contribution >= 4 is 47.0 Å². The molecule has 0 fully saturated rings. The van der Waals surface area contributed by atoms with Crippen LogP contribution in [0.1, 0.15) is 12.5 Å². The molecule has 0 bridgehead atoms. The molecule has 1 aromatic carbocycles. The normalized spacial score (nSPS) is 10.6. The summed E-state index contributed by atoms with van der Waals surface area (Å²) < 4.78 is 15.6. The lowest BCUT2D eigenvalue weighted by molar-refractivity contribution is -0.142. The largest absolute Gasteiger partial charge is 0.491 e. The predicted octanol–water partition coefficient (Wildman–Crippen LogP) is 3.99. The number of benzene rings is 1. The minimum atomic E-state index is -0.691. The summed E-state index contributed by atoms with van der Waals surface area (Å²) in [6, 6.07) is 6.41. The summed E-state index contributed by atoms with van der Waals surface area (Å²) in [6.07, 6.45) is 4.07. The van der Waals surface area contributed by atoms with E-state index in [4.69, 9.17) is 37.4 Å². The summed E-state index contributed by atoms with van der Waals surface area (Å²) in [6.45, 7) is 1.80. The minimum absolute atomic E-state index is 0.303. The summed E-state index contributed by atoms with van der Waals surface area (Å²) in [5.74, 6) is -0.0415. The average Bonchev–Trinajstić information content (AvgIpc) is 2.67. The Hall–Kier alpha value is -2.77. The molecule has 0 aliphatic carbocycles. The van der Waals surface area contributed by atoms with Crippen LogP contribution in [0.15, 0.2) is 36.5 Å². The van der Waals surface area contributed by atoms with Crippen LogP contribution < -0.4 is 14.8 Å². The van der Waals surface area contributed by atoms with Crippen molar-refractivity contribution in [3.8, 4) is 11.5 Å². The number of carbonyl (C=O) groups is 2. The Balaban J connectivity index is 1.92. The number of hydrogen-bond donors (Lipinski definition) is 1. The molecule has 148 valence electrons. The van der Waals surface area contributed by atoms with Gasteiger partial charge in [-0.25, -0.2) is 9.78 Å². The number of nitrogens with zero attached hydrogens (tertiary/aromatic N) is 1. The zero-order valence-corrected chi connectivity index (χ0v) is 16.7. The number of aromatic nitrogens is 1. The number of anilines is 1. The molecule has 1 heterocycles. The number of rotatable bonds is 8. The number of carbonyl (C=O) groups excluding carboxylic acids is 2. The molecular weight excluding hydrogens is 407 g/mol. The first-order chi connectivity index (χ1) is 13.4. The summed E-state index contributed by atoms with van der Waals surface area (Å²) in [7, 11) is 1.49. The Kier molecular flexibility index (Phi) is 8.10. The maximum atomic E-state index is 11.8. The highest BCUT2D eigenvalue weighted by atomic mass is 35.5. The highest BCUT2D eigenvalue weighted by Crippen LogP contribution is 2.36. The third-order valence-electron chi connectivity index (χ3n) is 3.29. The number of ether oxygens (including phenoxy) is 3. The highest BCUT2D eigenvalue weighted by Gasteiger charge is 2.11. The monoisotopic (exact) mass is 424 g/mol. The van der Waals surface area contributed by atoms with Crippen LogP contribution in [0.25, 0.3) is 6.08 Å². The summed E-state index contributed by atoms with van der Waals surface area (Å²) >= 11 is 11.9. The van der Waals surface area contributed by atoms with Gasteiger partial charge in [-0.3, -0.25) is 4.79 Å². The van der Waals surface area contributed by atoms with Crippen molar-refractivity contribution < 1.29 is 23.8 Å². The Labute approximate surface area is 172 Å². The SMILES string of the molecule is CCOc1cc(/C=C/C(=O)OCC(=O)Nc2ccc(Cl)cn2)cc(Cl)c1OC. The highest BCUT2D eigenvalue weighted by molar-refractivity contribution is 6.32.